The highest BCUT2D eigenvalue weighted by molar-refractivity contribution is 6.10. The molecule has 0 aromatic heterocycles. The fourth-order valence-corrected chi connectivity index (χ4v) is 2.84. The van der Waals surface area contributed by atoms with E-state index in [1.165, 1.54) is 0 Å². The van der Waals surface area contributed by atoms with Crippen molar-refractivity contribution in [1.29, 1.82) is 0 Å². The maximum Gasteiger partial charge on any atom is 0.257 e. The zero-order chi connectivity index (χ0) is 18.4. The molecule has 1 aliphatic heterocycles. The highest BCUT2D eigenvalue weighted by atomic mass is 16.5. The predicted octanol–water partition coefficient (Wildman–Crippen LogP) is 3.68. The van der Waals surface area contributed by atoms with E-state index in [2.05, 4.69) is 15.6 Å². The van der Waals surface area contributed by atoms with Crippen LogP contribution in [0.4, 0.5) is 5.69 Å². The summed E-state index contributed by atoms with van der Waals surface area (Å²) >= 11 is 0. The molecule has 1 heterocycles. The Balaban J connectivity index is 1.73. The van der Waals surface area contributed by atoms with Gasteiger partial charge in [-0.25, -0.2) is 4.99 Å². The summed E-state index contributed by atoms with van der Waals surface area (Å²) in [5, 5.41) is 6.11. The first-order chi connectivity index (χ1) is 12.6. The fourth-order valence-electron chi connectivity index (χ4n) is 2.84. The molecule has 3 rings (SSSR count). The molecule has 1 fully saturated rings. The summed E-state index contributed by atoms with van der Waals surface area (Å²) in [7, 11) is 0. The minimum Gasteiger partial charge on any atom is -0.376 e. The van der Waals surface area contributed by atoms with Crippen molar-refractivity contribution in [2.24, 2.45) is 4.99 Å². The number of nitrogens with one attached hydrogen (secondary N) is 2. The Bertz CT molecular complexity index is 778. The first kappa shape index (κ1) is 18.1. The molecule has 0 spiro atoms. The third kappa shape index (κ3) is 5.17. The van der Waals surface area contributed by atoms with E-state index in [9.17, 15) is 4.79 Å². The largest absolute Gasteiger partial charge is 0.376 e. The zero-order valence-corrected chi connectivity index (χ0v) is 15.3. The van der Waals surface area contributed by atoms with Crippen LogP contribution in [0.15, 0.2) is 53.5 Å². The molecule has 0 radical (unpaired) electrons. The number of ether oxygens (including phenoxy) is 1. The van der Waals surface area contributed by atoms with E-state index >= 15 is 0 Å². The molecule has 0 unspecified atom stereocenters. The van der Waals surface area contributed by atoms with E-state index in [1.54, 1.807) is 0 Å². The lowest BCUT2D eigenvalue weighted by atomic mass is 10.1. The molecule has 1 atom stereocenters. The number of carbonyl (C=O) groups excluding carboxylic acids is 1. The molecule has 1 amide bonds. The molecular weight excluding hydrogens is 326 g/mol. The van der Waals surface area contributed by atoms with Crippen LogP contribution < -0.4 is 10.6 Å². The van der Waals surface area contributed by atoms with Crippen molar-refractivity contribution in [1.82, 2.24) is 5.32 Å². The highest BCUT2D eigenvalue weighted by Gasteiger charge is 2.16. The second kappa shape index (κ2) is 8.63. The first-order valence-corrected chi connectivity index (χ1v) is 8.98. The number of amides is 1. The molecule has 1 saturated heterocycles. The molecule has 136 valence electrons. The van der Waals surface area contributed by atoms with E-state index in [-0.39, 0.29) is 12.0 Å². The van der Waals surface area contributed by atoms with Crippen molar-refractivity contribution in [3.63, 3.8) is 0 Å². The molecule has 0 bridgehead atoms. The quantitative estimate of drug-likeness (QED) is 0.652. The van der Waals surface area contributed by atoms with Gasteiger partial charge in [-0.3, -0.25) is 10.1 Å². The summed E-state index contributed by atoms with van der Waals surface area (Å²) in [5.41, 5.74) is 3.75. The molecule has 0 aliphatic carbocycles. The Hall–Kier alpha value is -2.66. The minimum atomic E-state index is -0.184. The van der Waals surface area contributed by atoms with E-state index in [4.69, 9.17) is 4.74 Å². The van der Waals surface area contributed by atoms with Crippen molar-refractivity contribution in [2.45, 2.75) is 32.8 Å². The number of aliphatic imine (C=N–C) groups is 1. The second-order valence-corrected chi connectivity index (χ2v) is 6.64. The molecule has 2 N–H and O–H groups in total. The van der Waals surface area contributed by atoms with E-state index in [0.717, 1.165) is 36.3 Å². The van der Waals surface area contributed by atoms with Crippen molar-refractivity contribution < 1.29 is 9.53 Å². The van der Waals surface area contributed by atoms with E-state index < -0.39 is 0 Å². The predicted molar refractivity (Wildman–Crippen MR) is 105 cm³/mol. The monoisotopic (exact) mass is 351 g/mol. The van der Waals surface area contributed by atoms with Gasteiger partial charge in [0.1, 0.15) is 0 Å². The van der Waals surface area contributed by atoms with Gasteiger partial charge in [0.2, 0.25) is 5.96 Å². The van der Waals surface area contributed by atoms with Crippen LogP contribution in [0.3, 0.4) is 0 Å². The van der Waals surface area contributed by atoms with Crippen LogP contribution in [-0.2, 0) is 4.74 Å². The van der Waals surface area contributed by atoms with Gasteiger partial charge in [0, 0.05) is 17.9 Å². The second-order valence-electron chi connectivity index (χ2n) is 6.64. The molecular formula is C21H25N3O2. The van der Waals surface area contributed by atoms with Crippen LogP contribution in [0.5, 0.6) is 0 Å². The average molecular weight is 351 g/mol. The van der Waals surface area contributed by atoms with Crippen LogP contribution in [0.25, 0.3) is 0 Å². The lowest BCUT2D eigenvalue weighted by Gasteiger charge is -2.14. The maximum atomic E-state index is 12.6. The van der Waals surface area contributed by atoms with Gasteiger partial charge < -0.3 is 10.1 Å². The smallest absolute Gasteiger partial charge is 0.257 e. The topological polar surface area (TPSA) is 62.7 Å². The average Bonchev–Trinajstić information content (AvgIpc) is 3.14. The number of hydrogen-bond acceptors (Lipinski definition) is 3. The number of rotatable bonds is 4. The van der Waals surface area contributed by atoms with Gasteiger partial charge >= 0.3 is 0 Å². The number of aryl methyl sites for hydroxylation is 2. The summed E-state index contributed by atoms with van der Waals surface area (Å²) < 4.78 is 5.63. The van der Waals surface area contributed by atoms with Crippen LogP contribution in [0.1, 0.15) is 34.3 Å². The van der Waals surface area contributed by atoms with Crippen molar-refractivity contribution >= 4 is 17.6 Å². The summed E-state index contributed by atoms with van der Waals surface area (Å²) in [4.78, 5) is 17.1. The normalized spacial score (nSPS) is 17.2. The van der Waals surface area contributed by atoms with Crippen LogP contribution in [0.2, 0.25) is 0 Å². The lowest BCUT2D eigenvalue weighted by molar-refractivity contribution is 0.0975. The lowest BCUT2D eigenvalue weighted by Crippen LogP contribution is -2.36. The maximum absolute atomic E-state index is 12.6. The molecule has 5 nitrogen and oxygen atoms in total. The highest BCUT2D eigenvalue weighted by Crippen LogP contribution is 2.13. The Morgan fingerprint density at radius 1 is 1.15 bits per heavy atom. The van der Waals surface area contributed by atoms with Crippen molar-refractivity contribution in [3.8, 4) is 0 Å². The Kier molecular flexibility index (Phi) is 6.02. The molecule has 2 aromatic carbocycles. The Morgan fingerprint density at radius 2 is 1.96 bits per heavy atom. The molecule has 5 heteroatoms. The van der Waals surface area contributed by atoms with Gasteiger partial charge in [0.15, 0.2) is 0 Å². The molecule has 1 aliphatic rings. The van der Waals surface area contributed by atoms with E-state index in [1.807, 2.05) is 62.4 Å². The fraction of sp³-hybridized carbons (Fsp3) is 0.333. The summed E-state index contributed by atoms with van der Waals surface area (Å²) in [5.74, 6) is 0.257. The summed E-state index contributed by atoms with van der Waals surface area (Å²) in [6.07, 6.45) is 2.20. The Morgan fingerprint density at radius 3 is 2.65 bits per heavy atom. The van der Waals surface area contributed by atoms with Gasteiger partial charge in [-0.05, 0) is 56.5 Å². The summed E-state index contributed by atoms with van der Waals surface area (Å²) in [6.45, 7) is 5.34. The zero-order valence-electron chi connectivity index (χ0n) is 15.3. The molecule has 0 saturated carbocycles. The number of hydrogen-bond donors (Lipinski definition) is 2. The molecule has 26 heavy (non-hydrogen) atoms. The van der Waals surface area contributed by atoms with Gasteiger partial charge in [-0.2, -0.15) is 0 Å². The minimum absolute atomic E-state index is 0.126. The summed E-state index contributed by atoms with van der Waals surface area (Å²) in [6, 6.07) is 15.4. The SMILES string of the molecule is Cc1ccc(C(=O)NC(=NC[C@H]2CCCO2)Nc2cccc(C)c2)cc1. The van der Waals surface area contributed by atoms with Crippen LogP contribution >= 0.6 is 0 Å². The third-order valence-electron chi connectivity index (χ3n) is 4.30. The third-order valence-corrected chi connectivity index (χ3v) is 4.30. The first-order valence-electron chi connectivity index (χ1n) is 8.98. The van der Waals surface area contributed by atoms with Crippen LogP contribution in [0, 0.1) is 13.8 Å². The van der Waals surface area contributed by atoms with Crippen LogP contribution in [-0.4, -0.2) is 31.1 Å². The van der Waals surface area contributed by atoms with Gasteiger partial charge in [-0.1, -0.05) is 29.8 Å². The van der Waals surface area contributed by atoms with Crippen molar-refractivity contribution in [3.05, 3.63) is 65.2 Å². The van der Waals surface area contributed by atoms with Gasteiger partial charge in [0.05, 0.1) is 12.6 Å². The Labute approximate surface area is 154 Å². The molecule has 2 aromatic rings. The van der Waals surface area contributed by atoms with Gasteiger partial charge in [-0.15, -0.1) is 0 Å². The standard InChI is InChI=1S/C21H25N3O2/c1-15-8-10-17(11-9-15)20(25)24-21(22-14-19-7-4-12-26-19)23-18-6-3-5-16(2)13-18/h3,5-6,8-11,13,19H,4,7,12,14H2,1-2H3,(H2,22,23,24,25)/t19-/m1/s1. The van der Waals surface area contributed by atoms with E-state index in [0.29, 0.717) is 18.1 Å². The number of benzene rings is 2. The number of guanidine groups is 1. The van der Waals surface area contributed by atoms with Gasteiger partial charge in [0.25, 0.3) is 5.91 Å². The van der Waals surface area contributed by atoms with Crippen molar-refractivity contribution in [2.75, 3.05) is 18.5 Å². The number of carbonyl (C=O) groups is 1. The number of anilines is 1. The number of nitrogens with zero attached hydrogens (tertiary/aromatic N) is 1.